The number of nitrogens with zero attached hydrogens (tertiary/aromatic N) is 1. The summed E-state index contributed by atoms with van der Waals surface area (Å²) in [5.41, 5.74) is 7.27. The number of amides is 1. The predicted molar refractivity (Wildman–Crippen MR) is 77.0 cm³/mol. The minimum atomic E-state index is -0.0917. The molecule has 2 atom stereocenters. The molecule has 0 radical (unpaired) electrons. The topological polar surface area (TPSA) is 64.8 Å². The largest absolute Gasteiger partial charge is 0.496 e. The zero-order chi connectivity index (χ0) is 14.7. The summed E-state index contributed by atoms with van der Waals surface area (Å²) in [7, 11) is 1.58. The number of nitrogens with two attached hydrogens (primary N) is 1. The predicted octanol–water partition coefficient (Wildman–Crippen LogP) is 1.19. The van der Waals surface area contributed by atoms with Crippen LogP contribution in [-0.2, 0) is 4.74 Å². The number of benzene rings is 1. The van der Waals surface area contributed by atoms with Crippen LogP contribution in [-0.4, -0.2) is 49.8 Å². The summed E-state index contributed by atoms with van der Waals surface area (Å²) in [6.45, 7) is 5.39. The van der Waals surface area contributed by atoms with Gasteiger partial charge in [0.15, 0.2) is 0 Å². The van der Waals surface area contributed by atoms with Crippen LogP contribution in [0.4, 0.5) is 0 Å². The van der Waals surface area contributed by atoms with Crippen LogP contribution < -0.4 is 10.5 Å². The van der Waals surface area contributed by atoms with Crippen LogP contribution in [0.3, 0.4) is 0 Å². The molecule has 5 heteroatoms. The van der Waals surface area contributed by atoms with Crippen LogP contribution >= 0.6 is 0 Å². The van der Waals surface area contributed by atoms with Crippen LogP contribution in [0.5, 0.6) is 5.75 Å². The van der Waals surface area contributed by atoms with Crippen molar-refractivity contribution in [3.8, 4) is 5.75 Å². The lowest BCUT2D eigenvalue weighted by molar-refractivity contribution is -0.0426. The van der Waals surface area contributed by atoms with Crippen molar-refractivity contribution >= 4 is 5.91 Å². The van der Waals surface area contributed by atoms with E-state index < -0.39 is 0 Å². The molecule has 0 bridgehead atoms. The van der Waals surface area contributed by atoms with Crippen LogP contribution in [0.15, 0.2) is 18.2 Å². The molecule has 1 fully saturated rings. The van der Waals surface area contributed by atoms with Gasteiger partial charge >= 0.3 is 0 Å². The highest BCUT2D eigenvalue weighted by Crippen LogP contribution is 2.24. The number of hydrogen-bond acceptors (Lipinski definition) is 4. The Labute approximate surface area is 119 Å². The van der Waals surface area contributed by atoms with Gasteiger partial charge in [-0.2, -0.15) is 0 Å². The number of hydrogen-bond donors (Lipinski definition) is 1. The molecular weight excluding hydrogens is 256 g/mol. The molecule has 0 aromatic heterocycles. The number of aryl methyl sites for hydroxylation is 1. The Hall–Kier alpha value is -1.59. The first-order chi connectivity index (χ1) is 9.56. The van der Waals surface area contributed by atoms with E-state index in [4.69, 9.17) is 15.2 Å². The molecule has 2 rings (SSSR count). The van der Waals surface area contributed by atoms with Gasteiger partial charge in [-0.3, -0.25) is 4.79 Å². The van der Waals surface area contributed by atoms with Crippen molar-refractivity contribution < 1.29 is 14.3 Å². The number of carbonyl (C=O) groups excluding carboxylic acids is 1. The first-order valence-electron chi connectivity index (χ1n) is 6.84. The van der Waals surface area contributed by atoms with Gasteiger partial charge < -0.3 is 20.1 Å². The zero-order valence-corrected chi connectivity index (χ0v) is 12.3. The third-order valence-electron chi connectivity index (χ3n) is 3.61. The van der Waals surface area contributed by atoms with Crippen molar-refractivity contribution in [2.24, 2.45) is 5.73 Å². The molecule has 0 spiro atoms. The summed E-state index contributed by atoms with van der Waals surface area (Å²) in [6, 6.07) is 5.66. The maximum atomic E-state index is 12.8. The highest BCUT2D eigenvalue weighted by Gasteiger charge is 2.30. The molecule has 0 aliphatic carbocycles. The molecule has 2 N–H and O–H groups in total. The van der Waals surface area contributed by atoms with Crippen LogP contribution in [0, 0.1) is 6.92 Å². The smallest absolute Gasteiger partial charge is 0.258 e. The van der Waals surface area contributed by atoms with Crippen LogP contribution in [0.25, 0.3) is 0 Å². The first-order valence-corrected chi connectivity index (χ1v) is 6.84. The third kappa shape index (κ3) is 2.94. The van der Waals surface area contributed by atoms with E-state index in [1.54, 1.807) is 7.11 Å². The third-order valence-corrected chi connectivity index (χ3v) is 3.61. The van der Waals surface area contributed by atoms with Crippen molar-refractivity contribution in [3.63, 3.8) is 0 Å². The molecule has 20 heavy (non-hydrogen) atoms. The van der Waals surface area contributed by atoms with E-state index in [2.05, 4.69) is 0 Å². The lowest BCUT2D eigenvalue weighted by atomic mass is 10.1. The van der Waals surface area contributed by atoms with E-state index in [-0.39, 0.29) is 18.1 Å². The second-order valence-corrected chi connectivity index (χ2v) is 5.20. The quantitative estimate of drug-likeness (QED) is 0.902. The summed E-state index contributed by atoms with van der Waals surface area (Å²) in [5.74, 6) is 0.573. The van der Waals surface area contributed by atoms with Crippen molar-refractivity contribution in [3.05, 3.63) is 29.3 Å². The van der Waals surface area contributed by atoms with E-state index in [0.29, 0.717) is 31.0 Å². The number of ether oxygens (including phenoxy) is 2. The van der Waals surface area contributed by atoms with Crippen molar-refractivity contribution in [1.29, 1.82) is 0 Å². The second kappa shape index (κ2) is 6.24. The van der Waals surface area contributed by atoms with Gasteiger partial charge in [0.2, 0.25) is 0 Å². The summed E-state index contributed by atoms with van der Waals surface area (Å²) in [4.78, 5) is 14.6. The molecule has 1 aromatic rings. The fraction of sp³-hybridized carbons (Fsp3) is 0.533. The number of carbonyl (C=O) groups is 1. The molecule has 1 aliphatic rings. The maximum Gasteiger partial charge on any atom is 0.258 e. The highest BCUT2D eigenvalue weighted by molar-refractivity contribution is 5.97. The average Bonchev–Trinajstić information content (AvgIpc) is 2.47. The Morgan fingerprint density at radius 3 is 2.95 bits per heavy atom. The Morgan fingerprint density at radius 2 is 2.30 bits per heavy atom. The summed E-state index contributed by atoms with van der Waals surface area (Å²) < 4.78 is 10.9. The molecular formula is C15H22N2O3. The van der Waals surface area contributed by atoms with E-state index in [1.807, 2.05) is 36.9 Å². The van der Waals surface area contributed by atoms with Crippen LogP contribution in [0.2, 0.25) is 0 Å². The molecule has 110 valence electrons. The molecule has 1 amide bonds. The molecule has 2 unspecified atom stereocenters. The SMILES string of the molecule is COc1ccc(C)cc1C(=O)N1CC(CN)OCC1C. The van der Waals surface area contributed by atoms with Gasteiger partial charge in [0.05, 0.1) is 31.4 Å². The van der Waals surface area contributed by atoms with Crippen LogP contribution in [0.1, 0.15) is 22.8 Å². The lowest BCUT2D eigenvalue weighted by Crippen LogP contribution is -2.52. The minimum absolute atomic E-state index is 0.0280. The van der Waals surface area contributed by atoms with E-state index >= 15 is 0 Å². The van der Waals surface area contributed by atoms with Gasteiger partial charge in [-0.15, -0.1) is 0 Å². The number of rotatable bonds is 3. The number of morpholine rings is 1. The van der Waals surface area contributed by atoms with Gasteiger partial charge in [-0.25, -0.2) is 0 Å². The normalized spacial score (nSPS) is 22.7. The van der Waals surface area contributed by atoms with Crippen molar-refractivity contribution in [1.82, 2.24) is 4.90 Å². The van der Waals surface area contributed by atoms with Crippen molar-refractivity contribution in [2.45, 2.75) is 26.0 Å². The van der Waals surface area contributed by atoms with E-state index in [9.17, 15) is 4.79 Å². The Bertz CT molecular complexity index is 490. The molecule has 5 nitrogen and oxygen atoms in total. The minimum Gasteiger partial charge on any atom is -0.496 e. The highest BCUT2D eigenvalue weighted by atomic mass is 16.5. The van der Waals surface area contributed by atoms with Crippen molar-refractivity contribution in [2.75, 3.05) is 26.8 Å². The first kappa shape index (κ1) is 14.8. The molecule has 1 heterocycles. The molecule has 0 saturated carbocycles. The standard InChI is InChI=1S/C15H22N2O3/c1-10-4-5-14(19-3)13(6-10)15(18)17-8-12(7-16)20-9-11(17)2/h4-6,11-12H,7-9,16H2,1-3H3. The molecule has 1 aliphatic heterocycles. The summed E-state index contributed by atoms with van der Waals surface area (Å²) in [5, 5.41) is 0. The fourth-order valence-electron chi connectivity index (χ4n) is 2.39. The zero-order valence-electron chi connectivity index (χ0n) is 12.3. The lowest BCUT2D eigenvalue weighted by Gasteiger charge is -2.37. The fourth-order valence-corrected chi connectivity index (χ4v) is 2.39. The second-order valence-electron chi connectivity index (χ2n) is 5.20. The summed E-state index contributed by atoms with van der Waals surface area (Å²) in [6.07, 6.45) is -0.0917. The van der Waals surface area contributed by atoms with Gasteiger partial charge in [-0.05, 0) is 26.0 Å². The monoisotopic (exact) mass is 278 g/mol. The van der Waals surface area contributed by atoms with Gasteiger partial charge in [0.25, 0.3) is 5.91 Å². The van der Waals surface area contributed by atoms with Gasteiger partial charge in [0, 0.05) is 13.1 Å². The van der Waals surface area contributed by atoms with E-state index in [0.717, 1.165) is 5.56 Å². The Kier molecular flexibility index (Phi) is 4.62. The summed E-state index contributed by atoms with van der Waals surface area (Å²) >= 11 is 0. The van der Waals surface area contributed by atoms with Gasteiger partial charge in [0.1, 0.15) is 5.75 Å². The average molecular weight is 278 g/mol. The van der Waals surface area contributed by atoms with Gasteiger partial charge in [-0.1, -0.05) is 11.6 Å². The van der Waals surface area contributed by atoms with E-state index in [1.165, 1.54) is 0 Å². The molecule has 1 saturated heterocycles. The Morgan fingerprint density at radius 1 is 1.55 bits per heavy atom. The molecule has 1 aromatic carbocycles. The Balaban J connectivity index is 2.27. The number of methoxy groups -OCH3 is 1. The maximum absolute atomic E-state index is 12.8.